The first-order chi connectivity index (χ1) is 9.35. The molecule has 20 heavy (non-hydrogen) atoms. The summed E-state index contributed by atoms with van der Waals surface area (Å²) < 4.78 is 21.1. The average Bonchev–Trinajstić information content (AvgIpc) is 2.43. The zero-order valence-corrected chi connectivity index (χ0v) is 12.9. The highest BCUT2D eigenvalue weighted by Crippen LogP contribution is 2.39. The minimum Gasteiger partial charge on any atom is -0.493 e. The van der Waals surface area contributed by atoms with Gasteiger partial charge < -0.3 is 18.9 Å². The van der Waals surface area contributed by atoms with Gasteiger partial charge in [0.25, 0.3) is 0 Å². The van der Waals surface area contributed by atoms with Crippen LogP contribution in [0.15, 0.2) is 12.1 Å². The number of rotatable bonds is 6. The number of benzene rings is 1. The van der Waals surface area contributed by atoms with Gasteiger partial charge in [0.15, 0.2) is 11.5 Å². The normalized spacial score (nSPS) is 10.9. The number of aryl methyl sites for hydroxylation is 1. The SMILES string of the molecule is COC(=O)C(C)(C)COc1c(OC)cc(C)cc1OC. The van der Waals surface area contributed by atoms with Crippen LogP contribution in [0, 0.1) is 12.3 Å². The van der Waals surface area contributed by atoms with Crippen LogP contribution in [0.3, 0.4) is 0 Å². The second-order valence-electron chi connectivity index (χ2n) is 5.16. The Morgan fingerprint density at radius 1 is 1.10 bits per heavy atom. The smallest absolute Gasteiger partial charge is 0.314 e. The predicted molar refractivity (Wildman–Crippen MR) is 75.6 cm³/mol. The maximum absolute atomic E-state index is 11.7. The van der Waals surface area contributed by atoms with Crippen molar-refractivity contribution in [2.24, 2.45) is 5.41 Å². The second kappa shape index (κ2) is 6.50. The summed E-state index contributed by atoms with van der Waals surface area (Å²) >= 11 is 0. The monoisotopic (exact) mass is 282 g/mol. The minimum atomic E-state index is -0.754. The molecule has 5 heteroatoms. The molecule has 0 saturated heterocycles. The van der Waals surface area contributed by atoms with E-state index in [0.29, 0.717) is 17.2 Å². The lowest BCUT2D eigenvalue weighted by Gasteiger charge is -2.23. The Morgan fingerprint density at radius 3 is 2.00 bits per heavy atom. The Balaban J connectivity index is 3.00. The van der Waals surface area contributed by atoms with Crippen molar-refractivity contribution in [2.75, 3.05) is 27.9 Å². The van der Waals surface area contributed by atoms with Crippen LogP contribution in [0.5, 0.6) is 17.2 Å². The molecule has 0 saturated carbocycles. The van der Waals surface area contributed by atoms with Gasteiger partial charge in [-0.25, -0.2) is 0 Å². The van der Waals surface area contributed by atoms with Gasteiger partial charge in [0.1, 0.15) is 6.61 Å². The van der Waals surface area contributed by atoms with Crippen molar-refractivity contribution in [3.8, 4) is 17.2 Å². The minimum absolute atomic E-state index is 0.162. The van der Waals surface area contributed by atoms with Crippen LogP contribution in [0.4, 0.5) is 0 Å². The van der Waals surface area contributed by atoms with E-state index in [9.17, 15) is 4.79 Å². The zero-order chi connectivity index (χ0) is 15.3. The zero-order valence-electron chi connectivity index (χ0n) is 12.9. The van der Waals surface area contributed by atoms with E-state index in [-0.39, 0.29) is 12.6 Å². The molecule has 0 atom stereocenters. The van der Waals surface area contributed by atoms with E-state index in [1.807, 2.05) is 19.1 Å². The van der Waals surface area contributed by atoms with E-state index in [0.717, 1.165) is 5.56 Å². The molecule has 0 unspecified atom stereocenters. The quantitative estimate of drug-likeness (QED) is 0.751. The van der Waals surface area contributed by atoms with Crippen molar-refractivity contribution in [2.45, 2.75) is 20.8 Å². The second-order valence-corrected chi connectivity index (χ2v) is 5.16. The molecule has 1 rings (SSSR count). The molecule has 0 amide bonds. The molecule has 0 fully saturated rings. The molecule has 1 aromatic carbocycles. The van der Waals surface area contributed by atoms with Gasteiger partial charge >= 0.3 is 5.97 Å². The highest BCUT2D eigenvalue weighted by Gasteiger charge is 2.30. The molecule has 5 nitrogen and oxygen atoms in total. The summed E-state index contributed by atoms with van der Waals surface area (Å²) in [7, 11) is 4.48. The number of ether oxygens (including phenoxy) is 4. The van der Waals surface area contributed by atoms with Crippen molar-refractivity contribution in [1.29, 1.82) is 0 Å². The largest absolute Gasteiger partial charge is 0.493 e. The molecule has 112 valence electrons. The molecule has 0 aliphatic carbocycles. The van der Waals surface area contributed by atoms with Crippen molar-refractivity contribution in [3.05, 3.63) is 17.7 Å². The molecule has 0 aliphatic rings. The fourth-order valence-corrected chi connectivity index (χ4v) is 1.74. The van der Waals surface area contributed by atoms with Gasteiger partial charge in [-0.15, -0.1) is 0 Å². The number of carbonyl (C=O) groups is 1. The van der Waals surface area contributed by atoms with Crippen LogP contribution in [0.25, 0.3) is 0 Å². The summed E-state index contributed by atoms with van der Waals surface area (Å²) in [5.74, 6) is 1.30. The molecular weight excluding hydrogens is 260 g/mol. The Hall–Kier alpha value is -1.91. The molecule has 0 aliphatic heterocycles. The molecule has 0 heterocycles. The number of hydrogen-bond donors (Lipinski definition) is 0. The third kappa shape index (κ3) is 3.56. The lowest BCUT2D eigenvalue weighted by atomic mass is 9.95. The van der Waals surface area contributed by atoms with Crippen LogP contribution >= 0.6 is 0 Å². The number of hydrogen-bond acceptors (Lipinski definition) is 5. The van der Waals surface area contributed by atoms with E-state index in [4.69, 9.17) is 18.9 Å². The van der Waals surface area contributed by atoms with Gasteiger partial charge in [0.2, 0.25) is 5.75 Å². The van der Waals surface area contributed by atoms with Gasteiger partial charge in [-0.05, 0) is 38.5 Å². The fourth-order valence-electron chi connectivity index (χ4n) is 1.74. The van der Waals surface area contributed by atoms with Crippen molar-refractivity contribution >= 4 is 5.97 Å². The number of carbonyl (C=O) groups excluding carboxylic acids is 1. The lowest BCUT2D eigenvalue weighted by Crippen LogP contribution is -2.32. The Kier molecular flexibility index (Phi) is 5.25. The molecule has 0 N–H and O–H groups in total. The Labute approximate surface area is 119 Å². The first kappa shape index (κ1) is 16.1. The van der Waals surface area contributed by atoms with Gasteiger partial charge in [0.05, 0.1) is 26.7 Å². The van der Waals surface area contributed by atoms with Gasteiger partial charge in [-0.2, -0.15) is 0 Å². The van der Waals surface area contributed by atoms with Crippen molar-refractivity contribution < 1.29 is 23.7 Å². The standard InChI is InChI=1S/C15H22O5/c1-10-7-11(17-4)13(12(8-10)18-5)20-9-15(2,3)14(16)19-6/h7-8H,9H2,1-6H3. The topological polar surface area (TPSA) is 54.0 Å². The van der Waals surface area contributed by atoms with Crippen LogP contribution in [0.1, 0.15) is 19.4 Å². The number of methoxy groups -OCH3 is 3. The Morgan fingerprint density at radius 2 is 1.60 bits per heavy atom. The lowest BCUT2D eigenvalue weighted by molar-refractivity contribution is -0.152. The molecule has 0 aromatic heterocycles. The summed E-state index contributed by atoms with van der Waals surface area (Å²) in [4.78, 5) is 11.7. The van der Waals surface area contributed by atoms with Crippen molar-refractivity contribution in [3.63, 3.8) is 0 Å². The third-order valence-electron chi connectivity index (χ3n) is 2.92. The van der Waals surface area contributed by atoms with Gasteiger partial charge in [-0.1, -0.05) is 0 Å². The van der Waals surface area contributed by atoms with E-state index in [1.54, 1.807) is 28.1 Å². The van der Waals surface area contributed by atoms with E-state index in [1.165, 1.54) is 7.11 Å². The van der Waals surface area contributed by atoms with E-state index >= 15 is 0 Å². The maximum atomic E-state index is 11.7. The van der Waals surface area contributed by atoms with Crippen molar-refractivity contribution in [1.82, 2.24) is 0 Å². The van der Waals surface area contributed by atoms with Crippen LogP contribution in [-0.2, 0) is 9.53 Å². The summed E-state index contributed by atoms with van der Waals surface area (Å²) in [5, 5.41) is 0. The average molecular weight is 282 g/mol. The first-order valence-electron chi connectivity index (χ1n) is 6.29. The third-order valence-corrected chi connectivity index (χ3v) is 2.92. The fraction of sp³-hybridized carbons (Fsp3) is 0.533. The van der Waals surface area contributed by atoms with E-state index in [2.05, 4.69) is 0 Å². The Bertz CT molecular complexity index is 454. The first-order valence-corrected chi connectivity index (χ1v) is 6.29. The summed E-state index contributed by atoms with van der Waals surface area (Å²) in [6.07, 6.45) is 0. The van der Waals surface area contributed by atoms with E-state index < -0.39 is 5.41 Å². The van der Waals surface area contributed by atoms with Crippen LogP contribution in [-0.4, -0.2) is 33.9 Å². The molecule has 1 aromatic rings. The maximum Gasteiger partial charge on any atom is 0.314 e. The highest BCUT2D eigenvalue weighted by atomic mass is 16.5. The highest BCUT2D eigenvalue weighted by molar-refractivity contribution is 5.76. The molecular formula is C15H22O5. The number of esters is 1. The van der Waals surface area contributed by atoms with Crippen LogP contribution in [0.2, 0.25) is 0 Å². The van der Waals surface area contributed by atoms with Gasteiger partial charge in [0, 0.05) is 0 Å². The molecule has 0 radical (unpaired) electrons. The van der Waals surface area contributed by atoms with Crippen LogP contribution < -0.4 is 14.2 Å². The van der Waals surface area contributed by atoms with Gasteiger partial charge in [-0.3, -0.25) is 4.79 Å². The molecule has 0 bridgehead atoms. The summed E-state index contributed by atoms with van der Waals surface area (Å²) in [6, 6.07) is 3.70. The predicted octanol–water partition coefficient (Wildman–Crippen LogP) is 2.59. The molecule has 0 spiro atoms. The summed E-state index contributed by atoms with van der Waals surface area (Å²) in [5.41, 5.74) is 0.244. The summed E-state index contributed by atoms with van der Waals surface area (Å²) in [6.45, 7) is 5.61.